The highest BCUT2D eigenvalue weighted by molar-refractivity contribution is 6.63. The molecule has 2 unspecified atom stereocenters. The van der Waals surface area contributed by atoms with Gasteiger partial charge in [-0.25, -0.2) is 0 Å². The van der Waals surface area contributed by atoms with Gasteiger partial charge in [-0.1, -0.05) is 82.6 Å². The Labute approximate surface area is 247 Å². The van der Waals surface area contributed by atoms with Crippen molar-refractivity contribution in [2.75, 3.05) is 0 Å². The van der Waals surface area contributed by atoms with Crippen LogP contribution in [0.25, 0.3) is 0 Å². The van der Waals surface area contributed by atoms with Gasteiger partial charge in [0.1, 0.15) is 11.1 Å². The summed E-state index contributed by atoms with van der Waals surface area (Å²) in [6.45, 7) is 19.2. The van der Waals surface area contributed by atoms with E-state index in [4.69, 9.17) is 22.6 Å². The van der Waals surface area contributed by atoms with Crippen LogP contribution in [0.2, 0.25) is 0 Å². The topological polar surface area (TPSA) is 120 Å². The van der Waals surface area contributed by atoms with E-state index in [-0.39, 0.29) is 30.4 Å². The number of aryl methyl sites for hydroxylation is 4. The minimum atomic E-state index is -0.811. The lowest BCUT2D eigenvalue weighted by Crippen LogP contribution is -2.49. The molecule has 0 saturated carbocycles. The zero-order valence-corrected chi connectivity index (χ0v) is 26.0. The Hall–Kier alpha value is -3.19. The highest BCUT2D eigenvalue weighted by Crippen LogP contribution is 2.17. The van der Waals surface area contributed by atoms with Crippen LogP contribution in [0.1, 0.15) is 82.3 Å². The van der Waals surface area contributed by atoms with Crippen molar-refractivity contribution in [3.05, 3.63) is 69.8 Å². The standard InChI is InChI=1S/C16H22N2O.C10H11ClO.C6H12N2.CH4/c1-11(2)16(5,10-17)18-15(19)9-14-8-12(3)6-7-13(14)4;1-7-3-4-8(2)9(5-7)6-10(11)12;1-5(2)6(3,8)4-7;/h6-8,11H,9H2,1-5H3,(H,18,19);3-5H,6H2,1-2H3;5H,8H2,1-3H3;1H4. The van der Waals surface area contributed by atoms with Crippen molar-refractivity contribution in [2.24, 2.45) is 17.6 Å². The first-order valence-corrected chi connectivity index (χ1v) is 13.5. The summed E-state index contributed by atoms with van der Waals surface area (Å²) in [6.07, 6.45) is 0.645. The monoisotopic (exact) mass is 568 g/mol. The number of amides is 1. The number of benzene rings is 2. The Morgan fingerprint density at radius 2 is 1.27 bits per heavy atom. The molecule has 3 N–H and O–H groups in total. The predicted octanol–water partition coefficient (Wildman–Crippen LogP) is 7.03. The molecule has 0 aliphatic heterocycles. The number of hydrogen-bond donors (Lipinski definition) is 2. The molecular formula is C33H49ClN4O2. The predicted molar refractivity (Wildman–Crippen MR) is 167 cm³/mol. The van der Waals surface area contributed by atoms with Gasteiger partial charge in [0.05, 0.1) is 18.6 Å². The Morgan fingerprint density at radius 3 is 1.57 bits per heavy atom. The highest BCUT2D eigenvalue weighted by Gasteiger charge is 2.30. The Morgan fingerprint density at radius 1 is 0.850 bits per heavy atom. The smallest absolute Gasteiger partial charge is 0.226 e. The van der Waals surface area contributed by atoms with Crippen molar-refractivity contribution >= 4 is 22.8 Å². The zero-order chi connectivity index (χ0) is 30.6. The molecule has 0 heterocycles. The van der Waals surface area contributed by atoms with Crippen LogP contribution in [-0.4, -0.2) is 22.2 Å². The third-order valence-corrected chi connectivity index (χ3v) is 7.05. The number of nitriles is 2. The van der Waals surface area contributed by atoms with Crippen LogP contribution in [0.15, 0.2) is 36.4 Å². The highest BCUT2D eigenvalue weighted by atomic mass is 35.5. The molecular weight excluding hydrogens is 520 g/mol. The second-order valence-electron chi connectivity index (χ2n) is 11.1. The number of nitrogens with two attached hydrogens (primary N) is 1. The van der Waals surface area contributed by atoms with E-state index in [1.807, 2.05) is 97.9 Å². The van der Waals surface area contributed by atoms with Gasteiger partial charge in [0.25, 0.3) is 0 Å². The van der Waals surface area contributed by atoms with Gasteiger partial charge in [0.15, 0.2) is 0 Å². The number of carbonyl (C=O) groups excluding carboxylic acids is 2. The average molecular weight is 569 g/mol. The van der Waals surface area contributed by atoms with Crippen LogP contribution in [0.3, 0.4) is 0 Å². The first kappa shape index (κ1) is 39.0. The summed E-state index contributed by atoms with van der Waals surface area (Å²) in [6, 6.07) is 16.3. The van der Waals surface area contributed by atoms with Gasteiger partial charge in [-0.3, -0.25) is 9.59 Å². The summed E-state index contributed by atoms with van der Waals surface area (Å²) in [5.41, 5.74) is 10.6. The van der Waals surface area contributed by atoms with Crippen LogP contribution >= 0.6 is 11.6 Å². The van der Waals surface area contributed by atoms with Gasteiger partial charge in [-0.2, -0.15) is 10.5 Å². The SMILES string of the molecule is C.CC(C)C(C)(N)C#N.Cc1ccc(C)c(CC(=O)Cl)c1.Cc1ccc(C)c(CC(=O)NC(C)(C#N)C(C)C)c1. The largest absolute Gasteiger partial charge is 0.338 e. The number of rotatable bonds is 7. The minimum Gasteiger partial charge on any atom is -0.338 e. The minimum absolute atomic E-state index is 0. The third kappa shape index (κ3) is 13.7. The fourth-order valence-corrected chi connectivity index (χ4v) is 3.21. The van der Waals surface area contributed by atoms with E-state index in [0.717, 1.165) is 33.4 Å². The van der Waals surface area contributed by atoms with Crippen molar-refractivity contribution in [1.82, 2.24) is 5.32 Å². The van der Waals surface area contributed by atoms with Gasteiger partial charge in [-0.15, -0.1) is 0 Å². The van der Waals surface area contributed by atoms with Crippen molar-refractivity contribution in [3.8, 4) is 12.1 Å². The lowest BCUT2D eigenvalue weighted by atomic mass is 9.89. The molecule has 7 heteroatoms. The van der Waals surface area contributed by atoms with Gasteiger partial charge in [-0.05, 0) is 87.2 Å². The molecule has 0 bridgehead atoms. The summed E-state index contributed by atoms with van der Waals surface area (Å²) in [4.78, 5) is 22.7. The second-order valence-corrected chi connectivity index (χ2v) is 11.6. The van der Waals surface area contributed by atoms with E-state index < -0.39 is 11.1 Å². The summed E-state index contributed by atoms with van der Waals surface area (Å²) in [5.74, 6) is 0.194. The first-order valence-electron chi connectivity index (χ1n) is 13.1. The second kappa shape index (κ2) is 17.5. The molecule has 2 aromatic rings. The van der Waals surface area contributed by atoms with Crippen LogP contribution in [0.5, 0.6) is 0 Å². The number of hydrogen-bond acceptors (Lipinski definition) is 5. The van der Waals surface area contributed by atoms with E-state index in [2.05, 4.69) is 11.4 Å². The maximum Gasteiger partial charge on any atom is 0.226 e. The molecule has 220 valence electrons. The fraction of sp³-hybridized carbons (Fsp3) is 0.515. The number of nitrogens with zero attached hydrogens (tertiary/aromatic N) is 2. The normalized spacial score (nSPS) is 13.0. The van der Waals surface area contributed by atoms with Crippen molar-refractivity contribution in [2.45, 2.75) is 101 Å². The van der Waals surface area contributed by atoms with Gasteiger partial charge >= 0.3 is 0 Å². The molecule has 40 heavy (non-hydrogen) atoms. The molecule has 2 atom stereocenters. The van der Waals surface area contributed by atoms with Gasteiger partial charge in [0.2, 0.25) is 11.1 Å². The molecule has 0 radical (unpaired) electrons. The molecule has 2 aromatic carbocycles. The summed E-state index contributed by atoms with van der Waals surface area (Å²) < 4.78 is 0. The van der Waals surface area contributed by atoms with Crippen molar-refractivity contribution in [3.63, 3.8) is 0 Å². The molecule has 0 fully saturated rings. The first-order chi connectivity index (χ1) is 17.9. The molecule has 1 amide bonds. The van der Waals surface area contributed by atoms with Crippen LogP contribution in [-0.2, 0) is 22.4 Å². The lowest BCUT2D eigenvalue weighted by molar-refractivity contribution is -0.122. The Bertz CT molecular complexity index is 1210. The Balaban J connectivity index is 0. The van der Waals surface area contributed by atoms with E-state index in [1.54, 1.807) is 13.8 Å². The maximum absolute atomic E-state index is 12.1. The summed E-state index contributed by atoms with van der Waals surface area (Å²) in [7, 11) is 0. The van der Waals surface area contributed by atoms with E-state index in [9.17, 15) is 14.9 Å². The molecule has 0 aliphatic rings. The van der Waals surface area contributed by atoms with Crippen molar-refractivity contribution < 1.29 is 9.59 Å². The van der Waals surface area contributed by atoms with Gasteiger partial charge in [0, 0.05) is 6.42 Å². The molecule has 0 aromatic heterocycles. The van der Waals surface area contributed by atoms with Crippen LogP contribution in [0.4, 0.5) is 0 Å². The fourth-order valence-electron chi connectivity index (χ4n) is 3.07. The molecule has 6 nitrogen and oxygen atoms in total. The molecule has 2 rings (SSSR count). The van der Waals surface area contributed by atoms with E-state index in [0.29, 0.717) is 12.8 Å². The summed E-state index contributed by atoms with van der Waals surface area (Å²) >= 11 is 5.30. The van der Waals surface area contributed by atoms with Crippen molar-refractivity contribution in [1.29, 1.82) is 10.5 Å². The molecule has 0 spiro atoms. The number of nitrogens with one attached hydrogen (secondary N) is 1. The Kier molecular flexibility index (Phi) is 17.0. The quantitative estimate of drug-likeness (QED) is 0.347. The third-order valence-electron chi connectivity index (χ3n) is 6.92. The zero-order valence-electron chi connectivity index (χ0n) is 25.2. The lowest BCUT2D eigenvalue weighted by Gasteiger charge is -2.27. The van der Waals surface area contributed by atoms with Crippen LogP contribution < -0.4 is 11.1 Å². The van der Waals surface area contributed by atoms with Gasteiger partial charge < -0.3 is 11.1 Å². The maximum atomic E-state index is 12.1. The number of carbonyl (C=O) groups is 2. The molecule has 0 aliphatic carbocycles. The number of halogens is 1. The average Bonchev–Trinajstić information content (AvgIpc) is 2.83. The summed E-state index contributed by atoms with van der Waals surface area (Å²) in [5, 5.41) is 20.1. The van der Waals surface area contributed by atoms with E-state index >= 15 is 0 Å². The molecule has 0 saturated heterocycles. The van der Waals surface area contributed by atoms with E-state index in [1.165, 1.54) is 0 Å². The van der Waals surface area contributed by atoms with Crippen LogP contribution in [0, 0.1) is 62.2 Å².